The van der Waals surface area contributed by atoms with Crippen LogP contribution >= 0.6 is 0 Å². The lowest BCUT2D eigenvalue weighted by Crippen LogP contribution is -2.13. The third-order valence-electron chi connectivity index (χ3n) is 4.39. The second-order valence-electron chi connectivity index (χ2n) is 6.23. The fourth-order valence-corrected chi connectivity index (χ4v) is 2.90. The monoisotopic (exact) mass is 349 g/mol. The maximum absolute atomic E-state index is 12.4. The Morgan fingerprint density at radius 2 is 1.77 bits per heavy atom. The summed E-state index contributed by atoms with van der Waals surface area (Å²) in [6, 6.07) is 17.0. The predicted molar refractivity (Wildman–Crippen MR) is 103 cm³/mol. The number of rotatable bonds is 6. The van der Waals surface area contributed by atoms with E-state index < -0.39 is 0 Å². The number of hydrogen-bond acceptors (Lipinski definition) is 3. The van der Waals surface area contributed by atoms with Gasteiger partial charge in [-0.1, -0.05) is 30.3 Å². The molecule has 1 heterocycles. The zero-order chi connectivity index (χ0) is 18.5. The van der Waals surface area contributed by atoms with Crippen molar-refractivity contribution in [3.05, 3.63) is 71.5 Å². The molecule has 1 amide bonds. The highest BCUT2D eigenvalue weighted by molar-refractivity contribution is 5.92. The van der Waals surface area contributed by atoms with Crippen LogP contribution in [-0.4, -0.2) is 15.7 Å². The molecular formula is C21H23N3O2. The Morgan fingerprint density at radius 1 is 1.08 bits per heavy atom. The summed E-state index contributed by atoms with van der Waals surface area (Å²) in [6.45, 7) is 4.00. The average Bonchev–Trinajstić information content (AvgIpc) is 2.88. The normalized spacial score (nSPS) is 10.6. The second kappa shape index (κ2) is 7.87. The summed E-state index contributed by atoms with van der Waals surface area (Å²) in [4.78, 5) is 12.4. The van der Waals surface area contributed by atoms with Gasteiger partial charge < -0.3 is 10.1 Å². The van der Waals surface area contributed by atoms with Crippen LogP contribution in [0.4, 0.5) is 5.69 Å². The average molecular weight is 349 g/mol. The summed E-state index contributed by atoms with van der Waals surface area (Å²) in [5, 5.41) is 7.35. The van der Waals surface area contributed by atoms with Crippen LogP contribution in [0, 0.1) is 13.8 Å². The van der Waals surface area contributed by atoms with Crippen LogP contribution < -0.4 is 10.1 Å². The van der Waals surface area contributed by atoms with Gasteiger partial charge in [0, 0.05) is 19.2 Å². The van der Waals surface area contributed by atoms with Crippen LogP contribution in [0.1, 0.15) is 23.4 Å². The number of hydrogen-bond donors (Lipinski definition) is 1. The van der Waals surface area contributed by atoms with Crippen molar-refractivity contribution < 1.29 is 9.53 Å². The first-order valence-electron chi connectivity index (χ1n) is 8.65. The van der Waals surface area contributed by atoms with Gasteiger partial charge in [0.05, 0.1) is 11.4 Å². The third-order valence-corrected chi connectivity index (χ3v) is 4.39. The number of amides is 1. The molecule has 0 aliphatic carbocycles. The molecule has 5 heteroatoms. The smallest absolute Gasteiger partial charge is 0.224 e. The molecule has 0 radical (unpaired) electrons. The largest absolute Gasteiger partial charge is 0.455 e. The van der Waals surface area contributed by atoms with Gasteiger partial charge in [-0.05, 0) is 50.1 Å². The van der Waals surface area contributed by atoms with E-state index in [1.54, 1.807) is 0 Å². The van der Waals surface area contributed by atoms with Gasteiger partial charge in [-0.3, -0.25) is 9.48 Å². The van der Waals surface area contributed by atoms with E-state index in [0.717, 1.165) is 22.7 Å². The van der Waals surface area contributed by atoms with Gasteiger partial charge in [-0.2, -0.15) is 5.10 Å². The third kappa shape index (κ3) is 4.11. The number of benzene rings is 2. The maximum atomic E-state index is 12.4. The molecule has 0 bridgehead atoms. The van der Waals surface area contributed by atoms with Crippen molar-refractivity contribution >= 4 is 11.6 Å². The van der Waals surface area contributed by atoms with Gasteiger partial charge in [0.1, 0.15) is 5.75 Å². The van der Waals surface area contributed by atoms with Gasteiger partial charge in [0.25, 0.3) is 0 Å². The quantitative estimate of drug-likeness (QED) is 0.717. The molecule has 3 rings (SSSR count). The lowest BCUT2D eigenvalue weighted by molar-refractivity contribution is -0.116. The Hall–Kier alpha value is -3.08. The highest BCUT2D eigenvalue weighted by Gasteiger charge is 2.13. The molecule has 26 heavy (non-hydrogen) atoms. The van der Waals surface area contributed by atoms with Crippen LogP contribution in [0.3, 0.4) is 0 Å². The molecule has 0 spiro atoms. The molecule has 0 atom stereocenters. The molecule has 5 nitrogen and oxygen atoms in total. The van der Waals surface area contributed by atoms with Crippen molar-refractivity contribution in [2.45, 2.75) is 26.7 Å². The van der Waals surface area contributed by atoms with Crippen molar-refractivity contribution in [2.24, 2.45) is 7.05 Å². The number of aryl methyl sites for hydroxylation is 2. The van der Waals surface area contributed by atoms with Crippen LogP contribution in [-0.2, 0) is 18.3 Å². The molecule has 3 aromatic rings. The first-order chi connectivity index (χ1) is 12.5. The number of carbonyl (C=O) groups is 1. The van der Waals surface area contributed by atoms with E-state index in [-0.39, 0.29) is 5.91 Å². The minimum absolute atomic E-state index is 0.0447. The van der Waals surface area contributed by atoms with Crippen molar-refractivity contribution in [2.75, 3.05) is 5.32 Å². The Kier molecular flexibility index (Phi) is 5.37. The van der Waals surface area contributed by atoms with Crippen LogP contribution in [0.25, 0.3) is 0 Å². The van der Waals surface area contributed by atoms with Gasteiger partial charge in [0.15, 0.2) is 5.75 Å². The minimum atomic E-state index is -0.0447. The summed E-state index contributed by atoms with van der Waals surface area (Å²) < 4.78 is 7.74. The summed E-state index contributed by atoms with van der Waals surface area (Å²) in [5.74, 6) is 1.31. The standard InChI is InChI=1S/C21H23N3O2/c1-15-18(16(2)24(3)23-15)13-14-21(25)22-19-11-7-8-12-20(19)26-17-9-5-4-6-10-17/h4-12H,13-14H2,1-3H3,(H,22,25). The van der Waals surface area contributed by atoms with Gasteiger partial charge >= 0.3 is 0 Å². The molecule has 2 aromatic carbocycles. The highest BCUT2D eigenvalue weighted by atomic mass is 16.5. The van der Waals surface area contributed by atoms with Crippen molar-refractivity contribution in [3.8, 4) is 11.5 Å². The van der Waals surface area contributed by atoms with E-state index in [0.29, 0.717) is 24.3 Å². The fraction of sp³-hybridized carbons (Fsp3) is 0.238. The number of nitrogens with one attached hydrogen (secondary N) is 1. The zero-order valence-corrected chi connectivity index (χ0v) is 15.3. The summed E-state index contributed by atoms with van der Waals surface area (Å²) in [7, 11) is 1.92. The van der Waals surface area contributed by atoms with Crippen LogP contribution in [0.15, 0.2) is 54.6 Å². The first kappa shape index (κ1) is 17.7. The molecule has 0 saturated heterocycles. The number of para-hydroxylation sites is 3. The SMILES string of the molecule is Cc1nn(C)c(C)c1CCC(=O)Nc1ccccc1Oc1ccccc1. The Balaban J connectivity index is 1.66. The topological polar surface area (TPSA) is 56.2 Å². The fourth-order valence-electron chi connectivity index (χ4n) is 2.90. The summed E-state index contributed by atoms with van der Waals surface area (Å²) in [5.41, 5.74) is 3.88. The Bertz CT molecular complexity index is 901. The van der Waals surface area contributed by atoms with Crippen molar-refractivity contribution in [1.29, 1.82) is 0 Å². The number of nitrogens with zero attached hydrogens (tertiary/aromatic N) is 2. The number of anilines is 1. The summed E-state index contributed by atoms with van der Waals surface area (Å²) >= 11 is 0. The molecule has 134 valence electrons. The molecule has 0 fully saturated rings. The predicted octanol–water partition coefficient (Wildman–Crippen LogP) is 4.40. The molecular weight excluding hydrogens is 326 g/mol. The second-order valence-corrected chi connectivity index (χ2v) is 6.23. The molecule has 1 aromatic heterocycles. The lowest BCUT2D eigenvalue weighted by Gasteiger charge is -2.12. The Labute approximate surface area is 153 Å². The molecule has 0 saturated carbocycles. The zero-order valence-electron chi connectivity index (χ0n) is 15.3. The number of carbonyl (C=O) groups excluding carboxylic acids is 1. The van der Waals surface area contributed by atoms with E-state index in [1.807, 2.05) is 80.2 Å². The minimum Gasteiger partial charge on any atom is -0.455 e. The summed E-state index contributed by atoms with van der Waals surface area (Å²) in [6.07, 6.45) is 1.06. The molecule has 0 aliphatic rings. The van der Waals surface area contributed by atoms with Gasteiger partial charge in [-0.15, -0.1) is 0 Å². The molecule has 0 unspecified atom stereocenters. The number of aromatic nitrogens is 2. The highest BCUT2D eigenvalue weighted by Crippen LogP contribution is 2.29. The van der Waals surface area contributed by atoms with Crippen molar-refractivity contribution in [3.63, 3.8) is 0 Å². The first-order valence-corrected chi connectivity index (χ1v) is 8.65. The van der Waals surface area contributed by atoms with Crippen LogP contribution in [0.5, 0.6) is 11.5 Å². The lowest BCUT2D eigenvalue weighted by atomic mass is 10.1. The van der Waals surface area contributed by atoms with E-state index in [4.69, 9.17) is 4.74 Å². The molecule has 1 N–H and O–H groups in total. The van der Waals surface area contributed by atoms with Gasteiger partial charge in [0.2, 0.25) is 5.91 Å². The van der Waals surface area contributed by atoms with E-state index in [9.17, 15) is 4.79 Å². The van der Waals surface area contributed by atoms with E-state index in [2.05, 4.69) is 10.4 Å². The Morgan fingerprint density at radius 3 is 2.46 bits per heavy atom. The number of ether oxygens (including phenoxy) is 1. The molecule has 0 aliphatic heterocycles. The van der Waals surface area contributed by atoms with E-state index in [1.165, 1.54) is 0 Å². The van der Waals surface area contributed by atoms with Gasteiger partial charge in [-0.25, -0.2) is 0 Å². The van der Waals surface area contributed by atoms with E-state index >= 15 is 0 Å². The maximum Gasteiger partial charge on any atom is 0.224 e. The van der Waals surface area contributed by atoms with Crippen molar-refractivity contribution in [1.82, 2.24) is 9.78 Å². The van der Waals surface area contributed by atoms with Crippen LogP contribution in [0.2, 0.25) is 0 Å².